The lowest BCUT2D eigenvalue weighted by Gasteiger charge is -2.18. The predicted octanol–water partition coefficient (Wildman–Crippen LogP) is 1.32. The maximum atomic E-state index is 11.6. The van der Waals surface area contributed by atoms with Gasteiger partial charge in [0.1, 0.15) is 5.75 Å². The fourth-order valence-corrected chi connectivity index (χ4v) is 1.34. The van der Waals surface area contributed by atoms with Crippen LogP contribution < -0.4 is 15.8 Å². The molecule has 0 saturated heterocycles. The molecule has 1 aromatic carbocycles. The van der Waals surface area contributed by atoms with Gasteiger partial charge in [-0.3, -0.25) is 4.79 Å². The molecule has 0 aliphatic heterocycles. The Kier molecular flexibility index (Phi) is 5.37. The van der Waals surface area contributed by atoms with Crippen molar-refractivity contribution in [1.29, 1.82) is 0 Å². The lowest BCUT2D eigenvalue weighted by molar-refractivity contribution is -0.123. The number of nitrogens with one attached hydrogen (secondary N) is 1. The Morgan fingerprint density at radius 1 is 1.35 bits per heavy atom. The first-order chi connectivity index (χ1) is 9.31. The number of hydrogen-bond donors (Lipinski definition) is 3. The molecular formula is C14H21N3O3. The number of hydrogen-bond acceptors (Lipinski definition) is 4. The summed E-state index contributed by atoms with van der Waals surface area (Å²) < 4.78 is 5.35. The van der Waals surface area contributed by atoms with Gasteiger partial charge in [0.25, 0.3) is 5.91 Å². The van der Waals surface area contributed by atoms with Crippen LogP contribution in [0.5, 0.6) is 5.75 Å². The summed E-state index contributed by atoms with van der Waals surface area (Å²) in [6, 6.07) is 6.61. The number of oxime groups is 1. The molecule has 1 aromatic rings. The summed E-state index contributed by atoms with van der Waals surface area (Å²) in [6.07, 6.45) is 0. The normalized spacial score (nSPS) is 12.1. The molecule has 4 N–H and O–H groups in total. The van der Waals surface area contributed by atoms with Gasteiger partial charge >= 0.3 is 0 Å². The molecule has 0 spiro atoms. The van der Waals surface area contributed by atoms with Gasteiger partial charge in [0.2, 0.25) is 0 Å². The van der Waals surface area contributed by atoms with E-state index in [4.69, 9.17) is 15.7 Å². The monoisotopic (exact) mass is 279 g/mol. The van der Waals surface area contributed by atoms with E-state index in [9.17, 15) is 4.79 Å². The topological polar surface area (TPSA) is 96.9 Å². The molecule has 110 valence electrons. The average molecular weight is 279 g/mol. The molecule has 0 radical (unpaired) electrons. The highest BCUT2D eigenvalue weighted by atomic mass is 16.5. The van der Waals surface area contributed by atoms with Crippen LogP contribution in [0.1, 0.15) is 26.3 Å². The van der Waals surface area contributed by atoms with Crippen molar-refractivity contribution < 1.29 is 14.7 Å². The van der Waals surface area contributed by atoms with E-state index >= 15 is 0 Å². The van der Waals surface area contributed by atoms with Crippen molar-refractivity contribution >= 4 is 11.7 Å². The molecule has 6 heteroatoms. The Hall–Kier alpha value is -2.24. The first-order valence-corrected chi connectivity index (χ1v) is 6.29. The highest BCUT2D eigenvalue weighted by Gasteiger charge is 2.12. The third-order valence-corrected chi connectivity index (χ3v) is 2.44. The quantitative estimate of drug-likeness (QED) is 0.328. The van der Waals surface area contributed by atoms with Crippen LogP contribution >= 0.6 is 0 Å². The Labute approximate surface area is 118 Å². The SMILES string of the molecule is CC(C)(C)CNC(=O)COc1ccc(C(N)=NO)cc1. The molecule has 0 fully saturated rings. The maximum absolute atomic E-state index is 11.6. The number of nitrogens with zero attached hydrogens (tertiary/aromatic N) is 1. The second kappa shape index (κ2) is 6.79. The largest absolute Gasteiger partial charge is 0.484 e. The lowest BCUT2D eigenvalue weighted by atomic mass is 9.97. The van der Waals surface area contributed by atoms with E-state index in [2.05, 4.69) is 10.5 Å². The van der Waals surface area contributed by atoms with Gasteiger partial charge in [-0.2, -0.15) is 0 Å². The number of amides is 1. The van der Waals surface area contributed by atoms with Crippen LogP contribution in [0.25, 0.3) is 0 Å². The Morgan fingerprint density at radius 3 is 2.45 bits per heavy atom. The zero-order valence-electron chi connectivity index (χ0n) is 12.0. The second-order valence-electron chi connectivity index (χ2n) is 5.64. The number of carbonyl (C=O) groups is 1. The van der Waals surface area contributed by atoms with Crippen molar-refractivity contribution in [3.05, 3.63) is 29.8 Å². The van der Waals surface area contributed by atoms with Crippen LogP contribution in [-0.2, 0) is 4.79 Å². The predicted molar refractivity (Wildman–Crippen MR) is 76.9 cm³/mol. The van der Waals surface area contributed by atoms with E-state index in [1.165, 1.54) is 0 Å². The summed E-state index contributed by atoms with van der Waals surface area (Å²) in [5.41, 5.74) is 6.06. The first-order valence-electron chi connectivity index (χ1n) is 6.29. The van der Waals surface area contributed by atoms with E-state index in [-0.39, 0.29) is 23.8 Å². The minimum atomic E-state index is -0.166. The van der Waals surface area contributed by atoms with Gasteiger partial charge in [-0.1, -0.05) is 25.9 Å². The Morgan fingerprint density at radius 2 is 1.95 bits per heavy atom. The minimum absolute atomic E-state index is 0.0273. The molecule has 0 heterocycles. The average Bonchev–Trinajstić information content (AvgIpc) is 2.41. The fourth-order valence-electron chi connectivity index (χ4n) is 1.34. The van der Waals surface area contributed by atoms with Gasteiger partial charge in [0, 0.05) is 12.1 Å². The van der Waals surface area contributed by atoms with E-state index in [1.807, 2.05) is 20.8 Å². The lowest BCUT2D eigenvalue weighted by Crippen LogP contribution is -2.35. The number of amidine groups is 1. The number of ether oxygens (including phenoxy) is 1. The van der Waals surface area contributed by atoms with E-state index in [0.717, 1.165) is 0 Å². The smallest absolute Gasteiger partial charge is 0.257 e. The summed E-state index contributed by atoms with van der Waals surface area (Å²) in [6.45, 7) is 6.68. The summed E-state index contributed by atoms with van der Waals surface area (Å²) in [5.74, 6) is 0.408. The fraction of sp³-hybridized carbons (Fsp3) is 0.429. The highest BCUT2D eigenvalue weighted by molar-refractivity contribution is 5.97. The van der Waals surface area contributed by atoms with Crippen LogP contribution in [0.4, 0.5) is 0 Å². The molecule has 0 aliphatic rings. The molecule has 0 saturated carbocycles. The van der Waals surface area contributed by atoms with Gasteiger partial charge in [0.05, 0.1) is 0 Å². The number of carbonyl (C=O) groups excluding carboxylic acids is 1. The zero-order valence-corrected chi connectivity index (χ0v) is 12.0. The standard InChI is InChI=1S/C14H21N3O3/c1-14(2,3)9-16-12(18)8-20-11-6-4-10(5-7-11)13(15)17-19/h4-7,19H,8-9H2,1-3H3,(H2,15,17)(H,16,18). The Balaban J connectivity index is 2.44. The molecular weight excluding hydrogens is 258 g/mol. The van der Waals surface area contributed by atoms with Gasteiger partial charge in [0.15, 0.2) is 12.4 Å². The van der Waals surface area contributed by atoms with Crippen LogP contribution in [0.3, 0.4) is 0 Å². The van der Waals surface area contributed by atoms with Crippen molar-refractivity contribution in [3.8, 4) is 5.75 Å². The van der Waals surface area contributed by atoms with E-state index in [1.54, 1.807) is 24.3 Å². The molecule has 1 amide bonds. The number of benzene rings is 1. The van der Waals surface area contributed by atoms with Crippen molar-refractivity contribution in [2.24, 2.45) is 16.3 Å². The third-order valence-electron chi connectivity index (χ3n) is 2.44. The first kappa shape index (κ1) is 15.8. The zero-order chi connectivity index (χ0) is 15.2. The maximum Gasteiger partial charge on any atom is 0.257 e. The molecule has 20 heavy (non-hydrogen) atoms. The van der Waals surface area contributed by atoms with Crippen molar-refractivity contribution in [3.63, 3.8) is 0 Å². The minimum Gasteiger partial charge on any atom is -0.484 e. The van der Waals surface area contributed by atoms with Crippen molar-refractivity contribution in [2.75, 3.05) is 13.2 Å². The highest BCUT2D eigenvalue weighted by Crippen LogP contribution is 2.12. The van der Waals surface area contributed by atoms with Gasteiger partial charge in [-0.25, -0.2) is 0 Å². The van der Waals surface area contributed by atoms with Gasteiger partial charge < -0.3 is 21.0 Å². The third kappa shape index (κ3) is 5.60. The van der Waals surface area contributed by atoms with Crippen molar-refractivity contribution in [2.45, 2.75) is 20.8 Å². The van der Waals surface area contributed by atoms with Gasteiger partial charge in [-0.15, -0.1) is 0 Å². The molecule has 0 atom stereocenters. The van der Waals surface area contributed by atoms with Crippen molar-refractivity contribution in [1.82, 2.24) is 5.32 Å². The van der Waals surface area contributed by atoms with Crippen LogP contribution in [0.2, 0.25) is 0 Å². The summed E-state index contributed by atoms with van der Waals surface area (Å²) in [5, 5.41) is 14.2. The van der Waals surface area contributed by atoms with Crippen LogP contribution in [0, 0.1) is 5.41 Å². The second-order valence-corrected chi connectivity index (χ2v) is 5.64. The molecule has 0 aromatic heterocycles. The number of nitrogens with two attached hydrogens (primary N) is 1. The molecule has 6 nitrogen and oxygen atoms in total. The Bertz CT molecular complexity index is 475. The summed E-state index contributed by atoms with van der Waals surface area (Å²) in [4.78, 5) is 11.6. The number of rotatable bonds is 5. The van der Waals surface area contributed by atoms with E-state index < -0.39 is 0 Å². The summed E-state index contributed by atoms with van der Waals surface area (Å²) >= 11 is 0. The molecule has 0 unspecified atom stereocenters. The van der Waals surface area contributed by atoms with E-state index in [0.29, 0.717) is 17.9 Å². The summed E-state index contributed by atoms with van der Waals surface area (Å²) in [7, 11) is 0. The molecule has 0 aliphatic carbocycles. The molecule has 1 rings (SSSR count). The van der Waals surface area contributed by atoms with Crippen LogP contribution in [-0.4, -0.2) is 30.1 Å². The molecule has 0 bridgehead atoms. The van der Waals surface area contributed by atoms with Crippen LogP contribution in [0.15, 0.2) is 29.4 Å². The van der Waals surface area contributed by atoms with Gasteiger partial charge in [-0.05, 0) is 29.7 Å².